The van der Waals surface area contributed by atoms with Gasteiger partial charge in [-0.05, 0) is 158 Å². The molecule has 4 heterocycles. The lowest BCUT2D eigenvalue weighted by Crippen LogP contribution is -2.09. The van der Waals surface area contributed by atoms with Gasteiger partial charge in [-0.1, -0.05) is 146 Å². The van der Waals surface area contributed by atoms with E-state index in [9.17, 15) is 11.8 Å². The summed E-state index contributed by atoms with van der Waals surface area (Å²) in [6.45, 7) is 9.22. The first-order valence-corrected chi connectivity index (χ1v) is 29.5. The molecule has 410 valence electrons. The zero-order valence-electron chi connectivity index (χ0n) is 47.4. The summed E-state index contributed by atoms with van der Waals surface area (Å²) in [6.07, 6.45) is 0. The Hall–Kier alpha value is -12.4. The van der Waals surface area contributed by atoms with E-state index in [0.29, 0.717) is 22.6 Å². The van der Waals surface area contributed by atoms with Crippen LogP contribution in [0.15, 0.2) is 303 Å². The normalized spacial score (nSPS) is 11.6. The van der Waals surface area contributed by atoms with Gasteiger partial charge in [-0.15, -0.1) is 0 Å². The number of nitriles is 1. The SMILES string of the molecule is [C-]#[N+]c1cc(-n2c3ccc(N(c4ccccc4)c4ccccc4)cc3c3cc4c(cc32)c2ccccc2n4-c2ccccc2)c(C#N)cc1-n1c2ccc(N(c3ccccc3)c3ccccc3)cc2c2cc3c(cc21)c1ccccc1n3-c1ccccc1. The van der Waals surface area contributed by atoms with Gasteiger partial charge in [-0.25, -0.2) is 4.85 Å². The van der Waals surface area contributed by atoms with E-state index in [4.69, 9.17) is 0 Å². The molecule has 13 aromatic carbocycles. The fourth-order valence-corrected chi connectivity index (χ4v) is 13.8. The van der Waals surface area contributed by atoms with Gasteiger partial charge in [0.05, 0.1) is 67.6 Å². The predicted octanol–water partition coefficient (Wildman–Crippen LogP) is 21.4. The Morgan fingerprint density at radius 3 is 0.977 bits per heavy atom. The maximum Gasteiger partial charge on any atom is 0.212 e. The number of anilines is 6. The van der Waals surface area contributed by atoms with Crippen molar-refractivity contribution in [2.24, 2.45) is 0 Å². The lowest BCUT2D eigenvalue weighted by molar-refractivity contribution is 1.14. The molecule has 0 amide bonds. The zero-order valence-corrected chi connectivity index (χ0v) is 47.4. The van der Waals surface area contributed by atoms with Crippen LogP contribution in [-0.4, -0.2) is 18.3 Å². The summed E-state index contributed by atoms with van der Waals surface area (Å²) in [5.41, 5.74) is 18.3. The van der Waals surface area contributed by atoms with Crippen molar-refractivity contribution in [3.05, 3.63) is 320 Å². The van der Waals surface area contributed by atoms with Crippen molar-refractivity contribution in [3.8, 4) is 28.8 Å². The molecule has 8 nitrogen and oxygen atoms in total. The molecule has 0 aliphatic rings. The average Bonchev–Trinajstić information content (AvgIpc) is 1.60. The average molecular weight is 1120 g/mol. The Balaban J connectivity index is 0.947. The molecule has 0 bridgehead atoms. The third-order valence-electron chi connectivity index (χ3n) is 17.5. The van der Waals surface area contributed by atoms with Gasteiger partial charge in [0, 0.05) is 88.6 Å². The summed E-state index contributed by atoms with van der Waals surface area (Å²) in [4.78, 5) is 9.02. The largest absolute Gasteiger partial charge is 0.319 e. The molecule has 88 heavy (non-hydrogen) atoms. The second-order valence-corrected chi connectivity index (χ2v) is 22.3. The first-order valence-electron chi connectivity index (χ1n) is 29.5. The lowest BCUT2D eigenvalue weighted by atomic mass is 10.1. The molecule has 8 heteroatoms. The molecule has 17 aromatic rings. The topological polar surface area (TPSA) is 54.4 Å². The highest BCUT2D eigenvalue weighted by Gasteiger charge is 2.26. The molecule has 0 unspecified atom stereocenters. The first kappa shape index (κ1) is 50.2. The van der Waals surface area contributed by atoms with E-state index >= 15 is 0 Å². The number of hydrogen-bond acceptors (Lipinski definition) is 3. The fraction of sp³-hybridized carbons (Fsp3) is 0. The Labute approximate surface area is 506 Å². The molecule has 17 rings (SSSR count). The van der Waals surface area contributed by atoms with Crippen molar-refractivity contribution in [2.45, 2.75) is 0 Å². The predicted molar refractivity (Wildman–Crippen MR) is 364 cm³/mol. The van der Waals surface area contributed by atoms with Gasteiger partial charge in [-0.2, -0.15) is 5.26 Å². The second kappa shape index (κ2) is 20.2. The smallest absolute Gasteiger partial charge is 0.212 e. The highest BCUT2D eigenvalue weighted by Crippen LogP contribution is 2.48. The van der Waals surface area contributed by atoms with Gasteiger partial charge < -0.3 is 28.1 Å². The van der Waals surface area contributed by atoms with Crippen LogP contribution in [0.3, 0.4) is 0 Å². The Morgan fingerprint density at radius 1 is 0.273 bits per heavy atom. The number of benzene rings is 13. The van der Waals surface area contributed by atoms with Crippen LogP contribution in [-0.2, 0) is 0 Å². The summed E-state index contributed by atoms with van der Waals surface area (Å²) < 4.78 is 9.15. The summed E-state index contributed by atoms with van der Waals surface area (Å²) in [6, 6.07) is 109. The molecular weight excluding hydrogens is 1070 g/mol. The fourth-order valence-electron chi connectivity index (χ4n) is 13.8. The van der Waals surface area contributed by atoms with E-state index < -0.39 is 0 Å². The number of para-hydroxylation sites is 8. The van der Waals surface area contributed by atoms with Crippen molar-refractivity contribution in [1.29, 1.82) is 5.26 Å². The van der Waals surface area contributed by atoms with E-state index in [1.807, 2.05) is 36.4 Å². The van der Waals surface area contributed by atoms with Crippen molar-refractivity contribution < 1.29 is 0 Å². The van der Waals surface area contributed by atoms with E-state index in [1.54, 1.807) is 0 Å². The third kappa shape index (κ3) is 7.77. The Morgan fingerprint density at radius 2 is 0.591 bits per heavy atom. The minimum atomic E-state index is 0.409. The molecule has 0 N–H and O–H groups in total. The molecule has 0 fully saturated rings. The summed E-state index contributed by atoms with van der Waals surface area (Å²) in [5.74, 6) is 0. The summed E-state index contributed by atoms with van der Waals surface area (Å²) in [5, 5.41) is 20.2. The molecule has 0 atom stereocenters. The van der Waals surface area contributed by atoms with Gasteiger partial charge in [0.15, 0.2) is 0 Å². The van der Waals surface area contributed by atoms with Gasteiger partial charge >= 0.3 is 0 Å². The number of hydrogen-bond donors (Lipinski definition) is 0. The molecule has 0 radical (unpaired) electrons. The van der Waals surface area contributed by atoms with Crippen molar-refractivity contribution in [3.63, 3.8) is 0 Å². The van der Waals surface area contributed by atoms with Crippen LogP contribution in [0.4, 0.5) is 39.8 Å². The monoisotopic (exact) mass is 1120 g/mol. The van der Waals surface area contributed by atoms with E-state index in [2.05, 4.69) is 306 Å². The van der Waals surface area contributed by atoms with Crippen LogP contribution < -0.4 is 9.80 Å². The standard InChI is InChI=1S/C80H50N8/c1-82-70-51-75(87-73-42-40-60(83(54-24-8-2-9-25-54)55-26-10-3-11-27-55)45-64(73)68-49-76-66(47-78(68)87)62-36-20-22-38-71(62)85(76)58-32-16-6-17-33-58)53(52-81)44-80(70)88-74-43-41-61(84(56-28-12-4-13-29-56)57-30-14-5-15-31-57)46-65(74)69-50-77-67(48-79(69)88)63-37-21-23-39-72(63)86(77)59-34-18-7-19-35-59/h2-51H. The Kier molecular flexibility index (Phi) is 11.5. The van der Waals surface area contributed by atoms with Crippen LogP contribution in [0, 0.1) is 17.9 Å². The number of nitrogens with zero attached hydrogens (tertiary/aromatic N) is 8. The van der Waals surface area contributed by atoms with Crippen LogP contribution in [0.1, 0.15) is 5.56 Å². The van der Waals surface area contributed by atoms with Gasteiger partial charge in [0.2, 0.25) is 5.69 Å². The highest BCUT2D eigenvalue weighted by molar-refractivity contribution is 6.21. The van der Waals surface area contributed by atoms with Crippen LogP contribution in [0.25, 0.3) is 115 Å². The molecule has 0 saturated carbocycles. The Bertz CT molecular complexity index is 5260. The zero-order chi connectivity index (χ0) is 58.4. The van der Waals surface area contributed by atoms with Crippen molar-refractivity contribution in [1.82, 2.24) is 18.3 Å². The molecule has 0 aliphatic carbocycles. The highest BCUT2D eigenvalue weighted by atomic mass is 15.2. The molecular formula is C80H50N8. The quantitative estimate of drug-likeness (QED) is 0.128. The number of rotatable bonds is 10. The minimum Gasteiger partial charge on any atom is -0.319 e. The van der Waals surface area contributed by atoms with E-state index in [1.165, 1.54) is 0 Å². The maximum absolute atomic E-state index is 11.8. The van der Waals surface area contributed by atoms with Crippen molar-refractivity contribution >= 4 is 127 Å². The summed E-state index contributed by atoms with van der Waals surface area (Å²) in [7, 11) is 0. The minimum absolute atomic E-state index is 0.409. The van der Waals surface area contributed by atoms with Crippen LogP contribution in [0.5, 0.6) is 0 Å². The third-order valence-corrected chi connectivity index (χ3v) is 17.5. The lowest BCUT2D eigenvalue weighted by Gasteiger charge is -2.25. The van der Waals surface area contributed by atoms with E-state index in [-0.39, 0.29) is 0 Å². The molecule has 4 aromatic heterocycles. The van der Waals surface area contributed by atoms with Gasteiger partial charge in [-0.3, -0.25) is 0 Å². The maximum atomic E-state index is 11.8. The van der Waals surface area contributed by atoms with Crippen LogP contribution in [0.2, 0.25) is 0 Å². The van der Waals surface area contributed by atoms with Crippen LogP contribution >= 0.6 is 0 Å². The first-order chi connectivity index (χ1) is 43.6. The summed E-state index contributed by atoms with van der Waals surface area (Å²) >= 11 is 0. The van der Waals surface area contributed by atoms with Gasteiger partial charge in [0.25, 0.3) is 0 Å². The van der Waals surface area contributed by atoms with E-state index in [0.717, 1.165) is 133 Å². The van der Waals surface area contributed by atoms with Crippen molar-refractivity contribution in [2.75, 3.05) is 9.80 Å². The second-order valence-electron chi connectivity index (χ2n) is 22.3. The number of aromatic nitrogens is 4. The molecule has 0 spiro atoms. The number of fused-ring (bicyclic) bond motifs is 12. The van der Waals surface area contributed by atoms with Gasteiger partial charge in [0.1, 0.15) is 6.07 Å². The molecule has 0 aliphatic heterocycles. The molecule has 0 saturated heterocycles.